The second-order valence-corrected chi connectivity index (χ2v) is 3.62. The molecule has 4 heteroatoms. The Morgan fingerprint density at radius 2 is 1.42 bits per heavy atom. The Labute approximate surface area is 120 Å². The number of hydrogen-bond donors (Lipinski definition) is 2. The Morgan fingerprint density at radius 1 is 1.05 bits per heavy atom. The van der Waals surface area contributed by atoms with Gasteiger partial charge in [-0.15, -0.1) is 0 Å². The van der Waals surface area contributed by atoms with Crippen molar-refractivity contribution in [2.24, 2.45) is 11.7 Å². The molecule has 0 aliphatic carbocycles. The van der Waals surface area contributed by atoms with Gasteiger partial charge in [0.2, 0.25) is 0 Å². The lowest BCUT2D eigenvalue weighted by atomic mass is 10.1. The molecule has 2 atom stereocenters. The fourth-order valence-electron chi connectivity index (χ4n) is 0.688. The zero-order valence-corrected chi connectivity index (χ0v) is 14.5. The third-order valence-electron chi connectivity index (χ3n) is 1.73. The fourth-order valence-corrected chi connectivity index (χ4v) is 0.688. The average Bonchev–Trinajstić information content (AvgIpc) is 2.44. The minimum absolute atomic E-state index is 0.372. The third-order valence-corrected chi connectivity index (χ3v) is 1.73. The number of nitrogens with two attached hydrogens (primary N) is 1. The van der Waals surface area contributed by atoms with Gasteiger partial charge < -0.3 is 15.6 Å². The van der Waals surface area contributed by atoms with E-state index in [-0.39, 0.29) is 0 Å². The lowest BCUT2D eigenvalue weighted by molar-refractivity contribution is -0.147. The maximum atomic E-state index is 11.1. The van der Waals surface area contributed by atoms with E-state index in [1.807, 2.05) is 55.4 Å². The van der Waals surface area contributed by atoms with E-state index in [1.165, 1.54) is 6.92 Å². The number of carbonyl (C=O) groups excluding carboxylic acids is 1. The van der Waals surface area contributed by atoms with E-state index in [0.29, 0.717) is 12.5 Å². The zero-order chi connectivity index (χ0) is 16.4. The summed E-state index contributed by atoms with van der Waals surface area (Å²) < 4.78 is 4.85. The summed E-state index contributed by atoms with van der Waals surface area (Å²) in [6.45, 7) is 17.9. The summed E-state index contributed by atoms with van der Waals surface area (Å²) in [4.78, 5) is 11.1. The van der Waals surface area contributed by atoms with E-state index in [0.717, 1.165) is 6.42 Å². The Morgan fingerprint density at radius 3 is 1.68 bits per heavy atom. The van der Waals surface area contributed by atoms with Crippen molar-refractivity contribution in [3.05, 3.63) is 0 Å². The van der Waals surface area contributed by atoms with Gasteiger partial charge in [-0.3, -0.25) is 4.79 Å². The zero-order valence-electron chi connectivity index (χ0n) is 14.5. The number of aliphatic hydroxyl groups is 1. The molecule has 0 radical (unpaired) electrons. The second kappa shape index (κ2) is 22.6. The highest BCUT2D eigenvalue weighted by Crippen LogP contribution is 2.00. The predicted octanol–water partition coefficient (Wildman–Crippen LogP) is 3.36. The van der Waals surface area contributed by atoms with Crippen molar-refractivity contribution in [2.75, 3.05) is 6.61 Å². The molecule has 19 heavy (non-hydrogen) atoms. The average molecular weight is 279 g/mol. The van der Waals surface area contributed by atoms with Crippen molar-refractivity contribution < 1.29 is 14.6 Å². The first-order valence-corrected chi connectivity index (χ1v) is 7.55. The quantitative estimate of drug-likeness (QED) is 0.757. The fraction of sp³-hybridized carbons (Fsp3) is 0.933. The minimum Gasteiger partial charge on any atom is -0.464 e. The highest BCUT2D eigenvalue weighted by atomic mass is 16.5. The molecule has 0 fully saturated rings. The molecular formula is C15H37NO3. The van der Waals surface area contributed by atoms with Crippen LogP contribution in [0.3, 0.4) is 0 Å². The molecule has 3 N–H and O–H groups in total. The molecule has 0 aliphatic heterocycles. The molecule has 0 bridgehead atoms. The third kappa shape index (κ3) is 23.0. The second-order valence-electron chi connectivity index (χ2n) is 3.62. The van der Waals surface area contributed by atoms with Gasteiger partial charge in [0.1, 0.15) is 6.04 Å². The van der Waals surface area contributed by atoms with Crippen molar-refractivity contribution >= 4 is 5.97 Å². The van der Waals surface area contributed by atoms with Crippen LogP contribution in [0.1, 0.15) is 68.7 Å². The van der Waals surface area contributed by atoms with E-state index >= 15 is 0 Å². The summed E-state index contributed by atoms with van der Waals surface area (Å²) in [7, 11) is 0. The summed E-state index contributed by atoms with van der Waals surface area (Å²) in [5, 5.41) is 8.97. The molecule has 0 aromatic heterocycles. The van der Waals surface area contributed by atoms with E-state index in [1.54, 1.807) is 0 Å². The Kier molecular flexibility index (Phi) is 31.9. The number of esters is 1. The van der Waals surface area contributed by atoms with Crippen LogP contribution in [0, 0.1) is 5.92 Å². The molecule has 0 saturated heterocycles. The molecule has 0 aliphatic rings. The predicted molar refractivity (Wildman–Crippen MR) is 84.1 cm³/mol. The van der Waals surface area contributed by atoms with Crippen molar-refractivity contribution in [2.45, 2.75) is 80.9 Å². The van der Waals surface area contributed by atoms with Crippen LogP contribution < -0.4 is 5.73 Å². The smallest absolute Gasteiger partial charge is 0.325 e. The van der Waals surface area contributed by atoms with Gasteiger partial charge in [-0.05, 0) is 19.3 Å². The first kappa shape index (κ1) is 26.9. The lowest BCUT2D eigenvalue weighted by Gasteiger charge is -2.14. The highest BCUT2D eigenvalue weighted by Gasteiger charge is 2.19. The van der Waals surface area contributed by atoms with Crippen LogP contribution in [-0.2, 0) is 9.53 Å². The standard InChI is InChI=1S/C9H19NO3.3C2H6/c1-6(2)4-5-13-9(12)8(10)7(3)11;3*1-2/h6-8,11H,4-5,10H2,1-3H3;3*1-2H3. The van der Waals surface area contributed by atoms with E-state index in [9.17, 15) is 4.79 Å². The molecule has 0 spiro atoms. The molecule has 4 nitrogen and oxygen atoms in total. The first-order chi connectivity index (χ1) is 8.95. The van der Waals surface area contributed by atoms with E-state index in [2.05, 4.69) is 0 Å². The molecule has 0 rings (SSSR count). The van der Waals surface area contributed by atoms with Crippen molar-refractivity contribution in [1.82, 2.24) is 0 Å². The van der Waals surface area contributed by atoms with Crippen molar-refractivity contribution in [3.63, 3.8) is 0 Å². The summed E-state index contributed by atoms with van der Waals surface area (Å²) in [6.07, 6.45) is -0.0373. The monoisotopic (exact) mass is 279 g/mol. The topological polar surface area (TPSA) is 72.5 Å². The molecule has 0 aromatic carbocycles. The Hall–Kier alpha value is -0.610. The van der Waals surface area contributed by atoms with Gasteiger partial charge in [-0.25, -0.2) is 0 Å². The SMILES string of the molecule is CC.CC.CC.CC(C)CCOC(=O)C(N)C(C)O. The largest absolute Gasteiger partial charge is 0.464 e. The van der Waals surface area contributed by atoms with Crippen LogP contribution in [0.4, 0.5) is 0 Å². The van der Waals surface area contributed by atoms with Crippen LogP contribution in [-0.4, -0.2) is 29.8 Å². The van der Waals surface area contributed by atoms with E-state index in [4.69, 9.17) is 15.6 Å². The molecule has 0 heterocycles. The highest BCUT2D eigenvalue weighted by molar-refractivity contribution is 5.76. The Bertz CT molecular complexity index is 159. The van der Waals surface area contributed by atoms with E-state index < -0.39 is 18.1 Å². The van der Waals surface area contributed by atoms with Gasteiger partial charge in [0.05, 0.1) is 12.7 Å². The van der Waals surface area contributed by atoms with Crippen LogP contribution in [0.2, 0.25) is 0 Å². The van der Waals surface area contributed by atoms with Crippen LogP contribution in [0.15, 0.2) is 0 Å². The van der Waals surface area contributed by atoms with Gasteiger partial charge in [-0.2, -0.15) is 0 Å². The van der Waals surface area contributed by atoms with Gasteiger partial charge in [0, 0.05) is 0 Å². The number of hydrogen-bond acceptors (Lipinski definition) is 4. The lowest BCUT2D eigenvalue weighted by Crippen LogP contribution is -2.41. The Balaban J connectivity index is -0.000000163. The summed E-state index contributed by atoms with van der Waals surface area (Å²) >= 11 is 0. The molecular weight excluding hydrogens is 242 g/mol. The molecule has 0 aromatic rings. The summed E-state index contributed by atoms with van der Waals surface area (Å²) in [5.41, 5.74) is 5.35. The van der Waals surface area contributed by atoms with Crippen LogP contribution in [0.25, 0.3) is 0 Å². The van der Waals surface area contributed by atoms with Crippen LogP contribution >= 0.6 is 0 Å². The van der Waals surface area contributed by atoms with Crippen molar-refractivity contribution in [3.8, 4) is 0 Å². The molecule has 120 valence electrons. The number of aliphatic hydroxyl groups excluding tert-OH is 1. The summed E-state index contributed by atoms with van der Waals surface area (Å²) in [5.74, 6) is -0.0359. The van der Waals surface area contributed by atoms with Gasteiger partial charge in [0.25, 0.3) is 0 Å². The van der Waals surface area contributed by atoms with Crippen molar-refractivity contribution in [1.29, 1.82) is 0 Å². The minimum atomic E-state index is -0.924. The first-order valence-electron chi connectivity index (χ1n) is 7.55. The van der Waals surface area contributed by atoms with Gasteiger partial charge >= 0.3 is 5.97 Å². The number of carbonyl (C=O) groups is 1. The summed E-state index contributed by atoms with van der Waals surface area (Å²) in [6, 6.07) is -0.924. The maximum absolute atomic E-state index is 11.1. The number of ether oxygens (including phenoxy) is 1. The molecule has 0 saturated carbocycles. The normalized spacial score (nSPS) is 11.6. The van der Waals surface area contributed by atoms with Gasteiger partial charge in [-0.1, -0.05) is 55.4 Å². The van der Waals surface area contributed by atoms with Gasteiger partial charge in [0.15, 0.2) is 0 Å². The van der Waals surface area contributed by atoms with Crippen LogP contribution in [0.5, 0.6) is 0 Å². The maximum Gasteiger partial charge on any atom is 0.325 e. The molecule has 2 unspecified atom stereocenters. The molecule has 0 amide bonds. The number of rotatable bonds is 5.